The molecule has 162 valence electrons. The van der Waals surface area contributed by atoms with Gasteiger partial charge in [0.1, 0.15) is 21.2 Å². The summed E-state index contributed by atoms with van der Waals surface area (Å²) < 4.78 is 66.1. The number of fused-ring (bicyclic) bond motifs is 1. The molecular formula is C18H14N2O9S2. The molecule has 0 unspecified atom stereocenters. The van der Waals surface area contributed by atoms with E-state index in [2.05, 4.69) is 10.2 Å². The number of carboxylic acids is 1. The molecule has 0 atom stereocenters. The van der Waals surface area contributed by atoms with Crippen LogP contribution in [-0.2, 0) is 20.2 Å². The molecule has 0 aliphatic rings. The lowest BCUT2D eigenvalue weighted by Crippen LogP contribution is -2.03. The smallest absolute Gasteiger partial charge is 0.337 e. The van der Waals surface area contributed by atoms with Crippen LogP contribution in [0.3, 0.4) is 0 Å². The van der Waals surface area contributed by atoms with E-state index in [1.54, 1.807) is 13.0 Å². The number of phenolic OH excluding ortho intramolecular Hbond substituents is 1. The lowest BCUT2D eigenvalue weighted by molar-refractivity contribution is 0.0697. The zero-order chi connectivity index (χ0) is 23.1. The van der Waals surface area contributed by atoms with Gasteiger partial charge in [0.2, 0.25) is 0 Å². The van der Waals surface area contributed by atoms with Crippen molar-refractivity contribution in [1.82, 2.24) is 0 Å². The first-order valence-corrected chi connectivity index (χ1v) is 11.2. The monoisotopic (exact) mass is 466 g/mol. The first kappa shape index (κ1) is 22.3. The van der Waals surface area contributed by atoms with Crippen LogP contribution in [0.15, 0.2) is 62.5 Å². The van der Waals surface area contributed by atoms with Crippen LogP contribution in [0.2, 0.25) is 0 Å². The molecule has 0 aliphatic heterocycles. The van der Waals surface area contributed by atoms with Crippen molar-refractivity contribution in [1.29, 1.82) is 0 Å². The predicted octanol–water partition coefficient (Wildman–Crippen LogP) is 3.46. The van der Waals surface area contributed by atoms with Crippen molar-refractivity contribution in [2.45, 2.75) is 16.7 Å². The second-order valence-corrected chi connectivity index (χ2v) is 9.18. The van der Waals surface area contributed by atoms with Gasteiger partial charge >= 0.3 is 5.97 Å². The number of aryl methyl sites for hydroxylation is 1. The Hall–Kier alpha value is -3.39. The van der Waals surface area contributed by atoms with Crippen molar-refractivity contribution < 1.29 is 40.9 Å². The fraction of sp³-hybridized carbons (Fsp3) is 0.0556. The number of carbonyl (C=O) groups is 1. The first-order valence-electron chi connectivity index (χ1n) is 8.30. The molecule has 0 spiro atoms. The van der Waals surface area contributed by atoms with Gasteiger partial charge in [-0.1, -0.05) is 23.8 Å². The van der Waals surface area contributed by atoms with E-state index in [9.17, 15) is 40.9 Å². The summed E-state index contributed by atoms with van der Waals surface area (Å²) in [4.78, 5) is 9.78. The van der Waals surface area contributed by atoms with Gasteiger partial charge in [-0.3, -0.25) is 9.11 Å². The Kier molecular flexibility index (Phi) is 5.54. The van der Waals surface area contributed by atoms with E-state index >= 15 is 0 Å². The van der Waals surface area contributed by atoms with Crippen LogP contribution in [0.5, 0.6) is 5.75 Å². The minimum absolute atomic E-state index is 0.130. The molecule has 0 aliphatic carbocycles. The van der Waals surface area contributed by atoms with Gasteiger partial charge in [0.25, 0.3) is 20.2 Å². The van der Waals surface area contributed by atoms with Crippen molar-refractivity contribution in [3.63, 3.8) is 0 Å². The zero-order valence-corrected chi connectivity index (χ0v) is 17.2. The maximum Gasteiger partial charge on any atom is 0.337 e. The van der Waals surface area contributed by atoms with E-state index in [4.69, 9.17) is 0 Å². The molecule has 13 heteroatoms. The summed E-state index contributed by atoms with van der Waals surface area (Å²) in [7, 11) is -9.83. The summed E-state index contributed by atoms with van der Waals surface area (Å²) in [5.41, 5.74) is -0.323. The zero-order valence-electron chi connectivity index (χ0n) is 15.6. The number of azo groups is 1. The second kappa shape index (κ2) is 7.70. The second-order valence-electron chi connectivity index (χ2n) is 6.40. The normalized spacial score (nSPS) is 12.5. The lowest BCUT2D eigenvalue weighted by atomic mass is 10.1. The Morgan fingerprint density at radius 3 is 2.06 bits per heavy atom. The third-order valence-electron chi connectivity index (χ3n) is 4.24. The molecule has 3 aromatic rings. The van der Waals surface area contributed by atoms with Gasteiger partial charge in [-0.25, -0.2) is 4.79 Å². The summed E-state index contributed by atoms with van der Waals surface area (Å²) in [5, 5.41) is 26.2. The Labute approximate surface area is 175 Å². The molecule has 0 saturated heterocycles. The van der Waals surface area contributed by atoms with Crippen LogP contribution in [-0.4, -0.2) is 42.1 Å². The van der Waals surface area contributed by atoms with Gasteiger partial charge in [-0.15, -0.1) is 10.2 Å². The van der Waals surface area contributed by atoms with E-state index in [-0.39, 0.29) is 11.3 Å². The van der Waals surface area contributed by atoms with Crippen LogP contribution >= 0.6 is 0 Å². The highest BCUT2D eigenvalue weighted by Crippen LogP contribution is 2.42. The molecule has 31 heavy (non-hydrogen) atoms. The number of rotatable bonds is 5. The number of benzene rings is 3. The van der Waals surface area contributed by atoms with Crippen molar-refractivity contribution in [3.05, 3.63) is 53.6 Å². The molecule has 0 aromatic heterocycles. The highest BCUT2D eigenvalue weighted by molar-refractivity contribution is 7.86. The largest absolute Gasteiger partial charge is 0.505 e. The fourth-order valence-corrected chi connectivity index (χ4v) is 4.32. The summed E-state index contributed by atoms with van der Waals surface area (Å²) >= 11 is 0. The summed E-state index contributed by atoms with van der Waals surface area (Å²) in [6.07, 6.45) is 0. The molecule has 3 rings (SSSR count). The van der Waals surface area contributed by atoms with Gasteiger partial charge in [0.15, 0.2) is 5.75 Å². The van der Waals surface area contributed by atoms with Crippen LogP contribution in [0.4, 0.5) is 11.4 Å². The first-order chi connectivity index (χ1) is 14.3. The molecule has 0 saturated carbocycles. The van der Waals surface area contributed by atoms with E-state index < -0.39 is 58.2 Å². The van der Waals surface area contributed by atoms with Crippen molar-refractivity contribution in [3.8, 4) is 5.75 Å². The summed E-state index contributed by atoms with van der Waals surface area (Å²) in [5.74, 6) is -2.17. The number of aromatic hydroxyl groups is 1. The highest BCUT2D eigenvalue weighted by Gasteiger charge is 2.25. The van der Waals surface area contributed by atoms with Crippen LogP contribution in [0.1, 0.15) is 15.9 Å². The Bertz CT molecular complexity index is 1480. The van der Waals surface area contributed by atoms with E-state index in [0.717, 1.165) is 24.3 Å². The summed E-state index contributed by atoms with van der Waals surface area (Å²) in [6.45, 7) is 1.65. The number of nitrogens with zero attached hydrogens (tertiary/aromatic N) is 2. The van der Waals surface area contributed by atoms with Crippen LogP contribution in [0.25, 0.3) is 10.8 Å². The van der Waals surface area contributed by atoms with Gasteiger partial charge in [-0.05, 0) is 31.2 Å². The molecule has 0 fully saturated rings. The van der Waals surface area contributed by atoms with Gasteiger partial charge < -0.3 is 10.2 Å². The molecule has 4 N–H and O–H groups in total. The van der Waals surface area contributed by atoms with E-state index in [1.807, 2.05) is 0 Å². The average molecular weight is 466 g/mol. The van der Waals surface area contributed by atoms with Gasteiger partial charge in [-0.2, -0.15) is 16.8 Å². The molecule has 0 radical (unpaired) electrons. The quantitative estimate of drug-likeness (QED) is 0.322. The SMILES string of the molecule is Cc1ccc(N=Nc2cc(S(=O)(=O)O)c3cccc(S(=O)(=O)O)c3c2O)c(C(=O)O)c1. The Balaban J connectivity index is 2.36. The topological polar surface area (TPSA) is 191 Å². The van der Waals surface area contributed by atoms with Crippen molar-refractivity contribution >= 4 is 48.4 Å². The third kappa shape index (κ3) is 4.39. The number of hydrogen-bond donors (Lipinski definition) is 4. The Morgan fingerprint density at radius 2 is 1.48 bits per heavy atom. The Morgan fingerprint density at radius 1 is 0.871 bits per heavy atom. The van der Waals surface area contributed by atoms with Crippen molar-refractivity contribution in [2.75, 3.05) is 0 Å². The molecular weight excluding hydrogens is 452 g/mol. The average Bonchev–Trinajstić information content (AvgIpc) is 2.66. The molecule has 0 bridgehead atoms. The van der Waals surface area contributed by atoms with Crippen LogP contribution in [0, 0.1) is 6.92 Å². The number of phenols is 1. The fourth-order valence-electron chi connectivity index (χ4n) is 2.90. The molecule has 3 aromatic carbocycles. The predicted molar refractivity (Wildman–Crippen MR) is 108 cm³/mol. The number of carboxylic acid groups (broad SMARTS) is 1. The molecule has 0 amide bonds. The lowest BCUT2D eigenvalue weighted by Gasteiger charge is -2.11. The minimum atomic E-state index is -4.92. The maximum atomic E-state index is 11.8. The maximum absolute atomic E-state index is 11.8. The molecule has 0 heterocycles. The van der Waals surface area contributed by atoms with Gasteiger partial charge in [0.05, 0.1) is 5.56 Å². The highest BCUT2D eigenvalue weighted by atomic mass is 32.2. The van der Waals surface area contributed by atoms with Crippen molar-refractivity contribution in [2.24, 2.45) is 10.2 Å². The molecule has 11 nitrogen and oxygen atoms in total. The minimum Gasteiger partial charge on any atom is -0.505 e. The van der Waals surface area contributed by atoms with E-state index in [1.165, 1.54) is 12.1 Å². The van der Waals surface area contributed by atoms with Crippen LogP contribution < -0.4 is 0 Å². The third-order valence-corrected chi connectivity index (χ3v) is 6.03. The number of hydrogen-bond acceptors (Lipinski definition) is 8. The standard InChI is InChI=1S/C18H14N2O9S2/c1-9-5-6-12(11(7-9)18(22)23)19-20-13-8-15(31(27,28)29)10-3-2-4-14(30(24,25)26)16(10)17(13)21/h2-8,21H,1H3,(H,22,23)(H,24,25,26)(H,27,28,29). The van der Waals surface area contributed by atoms with E-state index in [0.29, 0.717) is 5.56 Å². The summed E-state index contributed by atoms with van der Waals surface area (Å²) in [6, 6.07) is 8.04. The number of aromatic carboxylic acids is 1. The van der Waals surface area contributed by atoms with Gasteiger partial charge in [0, 0.05) is 10.8 Å².